The molecule has 1 rings (SSSR count). The zero-order valence-electron chi connectivity index (χ0n) is 10.4. The van der Waals surface area contributed by atoms with E-state index in [2.05, 4.69) is 0 Å². The smallest absolute Gasteiger partial charge is 0.253 e. The molecule has 0 aromatic heterocycles. The van der Waals surface area contributed by atoms with E-state index in [9.17, 15) is 9.59 Å². The van der Waals surface area contributed by atoms with Crippen LogP contribution in [0, 0.1) is 0 Å². The zero-order chi connectivity index (χ0) is 13.0. The van der Waals surface area contributed by atoms with Crippen molar-refractivity contribution in [1.82, 2.24) is 0 Å². The van der Waals surface area contributed by atoms with Gasteiger partial charge in [0.05, 0.1) is 0 Å². The van der Waals surface area contributed by atoms with Gasteiger partial charge in [-0.15, -0.1) is 0 Å². The van der Waals surface area contributed by atoms with Crippen molar-refractivity contribution in [2.75, 3.05) is 49.6 Å². The summed E-state index contributed by atoms with van der Waals surface area (Å²) in [5.41, 5.74) is 11.0. The fourth-order valence-electron chi connectivity index (χ4n) is 1.90. The molecular formula is C11H20N4O2. The lowest BCUT2D eigenvalue weighted by atomic mass is 10.1. The van der Waals surface area contributed by atoms with Gasteiger partial charge in [0.25, 0.3) is 10.9 Å². The van der Waals surface area contributed by atoms with Crippen LogP contribution in [0.1, 0.15) is 6.92 Å². The molecule has 0 aliphatic heterocycles. The average Bonchev–Trinajstić information content (AvgIpc) is 2.32. The highest BCUT2D eigenvalue weighted by atomic mass is 16.2. The highest BCUT2D eigenvalue weighted by Crippen LogP contribution is 2.22. The molecule has 96 valence electrons. The fraction of sp³-hybridized carbons (Fsp3) is 0.636. The summed E-state index contributed by atoms with van der Waals surface area (Å²) in [4.78, 5) is 26.7. The maximum Gasteiger partial charge on any atom is 0.253 e. The van der Waals surface area contributed by atoms with Gasteiger partial charge in [-0.3, -0.25) is 9.59 Å². The number of nitrogens with two attached hydrogens (primary N) is 2. The molecule has 0 bridgehead atoms. The third kappa shape index (κ3) is 2.48. The van der Waals surface area contributed by atoms with E-state index in [1.807, 2.05) is 11.8 Å². The third-order valence-electron chi connectivity index (χ3n) is 2.80. The molecule has 0 aliphatic carbocycles. The Labute approximate surface area is 100 Å². The molecule has 1 aromatic carbocycles. The monoisotopic (exact) mass is 240 g/mol. The van der Waals surface area contributed by atoms with Crippen LogP contribution in [0.4, 0.5) is 11.4 Å². The summed E-state index contributed by atoms with van der Waals surface area (Å²) in [5, 5.41) is 0. The molecule has 0 amide bonds. The Morgan fingerprint density at radius 3 is 2.00 bits per heavy atom. The van der Waals surface area contributed by atoms with Gasteiger partial charge in [0.1, 0.15) is 11.4 Å². The van der Waals surface area contributed by atoms with E-state index in [1.165, 1.54) is 0 Å². The van der Waals surface area contributed by atoms with E-state index in [0.717, 1.165) is 0 Å². The highest BCUT2D eigenvalue weighted by Gasteiger charge is 2.27. The second-order valence-electron chi connectivity index (χ2n) is 3.93. The van der Waals surface area contributed by atoms with Gasteiger partial charge in [-0.2, -0.15) is 0 Å². The summed E-state index contributed by atoms with van der Waals surface area (Å²) < 4.78 is 0. The van der Waals surface area contributed by atoms with Crippen LogP contribution in [0.25, 0.3) is 0 Å². The Morgan fingerprint density at radius 2 is 1.53 bits per heavy atom. The topological polar surface area (TPSA) is 92.7 Å². The molecule has 0 atom stereocenters. The zero-order valence-corrected chi connectivity index (χ0v) is 10.4. The van der Waals surface area contributed by atoms with E-state index in [0.29, 0.717) is 44.1 Å². The molecule has 0 fully saturated rings. The van der Waals surface area contributed by atoms with E-state index in [4.69, 9.17) is 11.5 Å². The molecule has 17 heavy (non-hydrogen) atoms. The molecule has 0 saturated carbocycles. The van der Waals surface area contributed by atoms with E-state index >= 15 is 0 Å². The molecule has 6 heteroatoms. The lowest BCUT2D eigenvalue weighted by Crippen LogP contribution is -2.47. The first-order chi connectivity index (χ1) is 8.08. The number of hydrogen-bond donors (Lipinski definition) is 2. The molecule has 4 N–H and O–H groups in total. The van der Waals surface area contributed by atoms with Gasteiger partial charge >= 0.3 is 0 Å². The van der Waals surface area contributed by atoms with Crippen LogP contribution < -0.4 is 32.1 Å². The van der Waals surface area contributed by atoms with Crippen LogP contribution in [-0.2, 0) is 0 Å². The van der Waals surface area contributed by atoms with Crippen molar-refractivity contribution in [2.45, 2.75) is 6.92 Å². The van der Waals surface area contributed by atoms with Crippen molar-refractivity contribution in [2.24, 2.45) is 11.5 Å². The summed E-state index contributed by atoms with van der Waals surface area (Å²) in [6.07, 6.45) is 0. The predicted molar refractivity (Wildman–Crippen MR) is 70.6 cm³/mol. The first kappa shape index (κ1) is 13.7. The van der Waals surface area contributed by atoms with Crippen molar-refractivity contribution in [3.63, 3.8) is 0 Å². The lowest BCUT2D eigenvalue weighted by Gasteiger charge is -2.29. The van der Waals surface area contributed by atoms with Crippen LogP contribution in [0.5, 0.6) is 0 Å². The number of rotatable bonds is 7. The Kier molecular flexibility index (Phi) is 4.65. The number of nitrogens with zero attached hydrogens (tertiary/aromatic N) is 2. The standard InChI is InChI=1S/C11H20N4O2/c1-3-15(7-5-13)9-8(10(16)11(9)17)14(2)6-4-12/h3-7,12-13H2,1-2H3. The van der Waals surface area contributed by atoms with E-state index < -0.39 is 10.9 Å². The van der Waals surface area contributed by atoms with Crippen LogP contribution in [0.2, 0.25) is 0 Å². The number of anilines is 2. The minimum absolute atomic E-state index is 0.417. The van der Waals surface area contributed by atoms with Crippen molar-refractivity contribution < 1.29 is 0 Å². The van der Waals surface area contributed by atoms with E-state index in [-0.39, 0.29) is 0 Å². The fourth-order valence-corrected chi connectivity index (χ4v) is 1.90. The Bertz CT molecular complexity index is 437. The van der Waals surface area contributed by atoms with Gasteiger partial charge in [0.2, 0.25) is 0 Å². The van der Waals surface area contributed by atoms with Gasteiger partial charge in [-0.25, -0.2) is 0 Å². The quantitative estimate of drug-likeness (QED) is 0.561. The minimum atomic E-state index is -0.425. The summed E-state index contributed by atoms with van der Waals surface area (Å²) in [5.74, 6) is 0. The summed E-state index contributed by atoms with van der Waals surface area (Å²) >= 11 is 0. The van der Waals surface area contributed by atoms with Gasteiger partial charge in [0, 0.05) is 39.8 Å². The second-order valence-corrected chi connectivity index (χ2v) is 3.93. The molecule has 1 aromatic rings. The molecule has 0 heterocycles. The van der Waals surface area contributed by atoms with Crippen LogP contribution in [-0.4, -0.2) is 39.8 Å². The maximum atomic E-state index is 11.6. The molecular weight excluding hydrogens is 220 g/mol. The average molecular weight is 240 g/mol. The predicted octanol–water partition coefficient (Wildman–Crippen LogP) is -1.54. The lowest BCUT2D eigenvalue weighted by molar-refractivity contribution is 0.796. The second kappa shape index (κ2) is 5.79. The first-order valence-corrected chi connectivity index (χ1v) is 5.77. The normalized spacial score (nSPS) is 10.8. The Hall–Kier alpha value is -1.40. The number of hydrogen-bond acceptors (Lipinski definition) is 6. The van der Waals surface area contributed by atoms with Crippen molar-refractivity contribution in [3.8, 4) is 0 Å². The SMILES string of the molecule is CCN(CCN)c1c(N(C)CCN)c(=O)c1=O. The van der Waals surface area contributed by atoms with Gasteiger partial charge < -0.3 is 21.3 Å². The van der Waals surface area contributed by atoms with Crippen molar-refractivity contribution in [3.05, 3.63) is 20.4 Å². The Balaban J connectivity index is 3.04. The van der Waals surface area contributed by atoms with Crippen LogP contribution in [0.15, 0.2) is 9.59 Å². The van der Waals surface area contributed by atoms with Gasteiger partial charge in [-0.05, 0) is 6.92 Å². The van der Waals surface area contributed by atoms with E-state index in [1.54, 1.807) is 11.9 Å². The van der Waals surface area contributed by atoms with Gasteiger partial charge in [-0.1, -0.05) is 0 Å². The molecule has 0 spiro atoms. The highest BCUT2D eigenvalue weighted by molar-refractivity contribution is 5.76. The first-order valence-electron chi connectivity index (χ1n) is 5.77. The molecule has 0 unspecified atom stereocenters. The Morgan fingerprint density at radius 1 is 1.00 bits per heavy atom. The maximum absolute atomic E-state index is 11.6. The van der Waals surface area contributed by atoms with Crippen LogP contribution >= 0.6 is 0 Å². The number of likely N-dealkylation sites (N-methyl/N-ethyl adjacent to an activating group) is 2. The molecule has 0 radical (unpaired) electrons. The minimum Gasteiger partial charge on any atom is -0.368 e. The molecule has 0 saturated heterocycles. The van der Waals surface area contributed by atoms with Crippen LogP contribution in [0.3, 0.4) is 0 Å². The molecule has 0 aliphatic rings. The largest absolute Gasteiger partial charge is 0.368 e. The molecule has 6 nitrogen and oxygen atoms in total. The summed E-state index contributed by atoms with van der Waals surface area (Å²) in [6, 6.07) is 0. The summed E-state index contributed by atoms with van der Waals surface area (Å²) in [6.45, 7) is 4.61. The third-order valence-corrected chi connectivity index (χ3v) is 2.80. The van der Waals surface area contributed by atoms with Gasteiger partial charge in [0.15, 0.2) is 0 Å². The van der Waals surface area contributed by atoms with Crippen molar-refractivity contribution >= 4 is 11.4 Å². The van der Waals surface area contributed by atoms with Crippen molar-refractivity contribution in [1.29, 1.82) is 0 Å². The summed E-state index contributed by atoms with van der Waals surface area (Å²) in [7, 11) is 1.77.